The Kier molecular flexibility index (Phi) is 4.92. The lowest BCUT2D eigenvalue weighted by Crippen LogP contribution is -2.56. The average Bonchev–Trinajstić information content (AvgIpc) is 3.41. The third kappa shape index (κ3) is 3.92. The number of fused-ring (bicyclic) bond motifs is 1. The van der Waals surface area contributed by atoms with Crippen molar-refractivity contribution in [3.8, 4) is 0 Å². The number of carbonyl (C=O) groups excluding carboxylic acids is 3. The van der Waals surface area contributed by atoms with Crippen molar-refractivity contribution in [2.24, 2.45) is 5.92 Å². The standard InChI is InChI=1S/C18H24N4O3/c1-3-11(2)16(17(24)19-12-8-9-12)21-18(25)22-10-15(23)20-13-6-4-5-7-14(13)22/h4-7,11-12,16H,3,8-10H2,1-2H3,(H,19,24)(H,20,23)(H,21,25)/t11-,16+/m1/s1. The molecule has 1 aromatic rings. The van der Waals surface area contributed by atoms with Crippen LogP contribution in [-0.2, 0) is 9.59 Å². The first-order valence-electron chi connectivity index (χ1n) is 8.77. The van der Waals surface area contributed by atoms with Gasteiger partial charge in [-0.2, -0.15) is 0 Å². The SMILES string of the molecule is CC[C@@H](C)[C@H](NC(=O)N1CC(=O)Nc2ccccc21)C(=O)NC1CC1. The first-order valence-corrected chi connectivity index (χ1v) is 8.77. The molecule has 0 spiro atoms. The van der Waals surface area contributed by atoms with Gasteiger partial charge in [0.1, 0.15) is 12.6 Å². The molecule has 1 saturated carbocycles. The van der Waals surface area contributed by atoms with E-state index in [1.807, 2.05) is 19.9 Å². The summed E-state index contributed by atoms with van der Waals surface area (Å²) < 4.78 is 0. The molecular weight excluding hydrogens is 320 g/mol. The number of anilines is 2. The van der Waals surface area contributed by atoms with E-state index in [1.54, 1.807) is 18.2 Å². The number of rotatable bonds is 5. The van der Waals surface area contributed by atoms with Crippen LogP contribution in [0.5, 0.6) is 0 Å². The summed E-state index contributed by atoms with van der Waals surface area (Å²) in [5.41, 5.74) is 1.22. The van der Waals surface area contributed by atoms with E-state index < -0.39 is 12.1 Å². The summed E-state index contributed by atoms with van der Waals surface area (Å²) >= 11 is 0. The molecule has 2 atom stereocenters. The van der Waals surface area contributed by atoms with Gasteiger partial charge in [0.05, 0.1) is 11.4 Å². The van der Waals surface area contributed by atoms with E-state index in [0.717, 1.165) is 19.3 Å². The van der Waals surface area contributed by atoms with E-state index in [1.165, 1.54) is 4.90 Å². The molecular formula is C18H24N4O3. The number of nitrogens with one attached hydrogen (secondary N) is 3. The van der Waals surface area contributed by atoms with Crippen LogP contribution in [0, 0.1) is 5.92 Å². The lowest BCUT2D eigenvalue weighted by molar-refractivity contribution is -0.124. The quantitative estimate of drug-likeness (QED) is 0.761. The van der Waals surface area contributed by atoms with Crippen LogP contribution >= 0.6 is 0 Å². The van der Waals surface area contributed by atoms with Crippen molar-refractivity contribution in [2.75, 3.05) is 16.8 Å². The van der Waals surface area contributed by atoms with Crippen molar-refractivity contribution in [1.82, 2.24) is 10.6 Å². The van der Waals surface area contributed by atoms with Crippen LogP contribution in [0.1, 0.15) is 33.1 Å². The van der Waals surface area contributed by atoms with Gasteiger partial charge in [-0.15, -0.1) is 0 Å². The maximum absolute atomic E-state index is 12.8. The second-order valence-electron chi connectivity index (χ2n) is 6.75. The predicted molar refractivity (Wildman–Crippen MR) is 95.4 cm³/mol. The summed E-state index contributed by atoms with van der Waals surface area (Å²) in [4.78, 5) is 38.6. The minimum atomic E-state index is -0.616. The van der Waals surface area contributed by atoms with Crippen molar-refractivity contribution in [1.29, 1.82) is 0 Å². The van der Waals surface area contributed by atoms with Gasteiger partial charge in [-0.25, -0.2) is 4.79 Å². The minimum Gasteiger partial charge on any atom is -0.352 e. The summed E-state index contributed by atoms with van der Waals surface area (Å²) in [6, 6.07) is 6.31. The van der Waals surface area contributed by atoms with Crippen molar-refractivity contribution >= 4 is 29.2 Å². The highest BCUT2D eigenvalue weighted by molar-refractivity contribution is 6.10. The summed E-state index contributed by atoms with van der Waals surface area (Å²) in [5, 5.41) is 8.53. The number of nitrogens with zero attached hydrogens (tertiary/aromatic N) is 1. The number of urea groups is 1. The molecule has 0 saturated heterocycles. The molecule has 1 aliphatic heterocycles. The molecule has 134 valence electrons. The van der Waals surface area contributed by atoms with Crippen LogP contribution < -0.4 is 20.9 Å². The molecule has 3 rings (SSSR count). The molecule has 1 heterocycles. The Labute approximate surface area is 147 Å². The Bertz CT molecular complexity index is 687. The van der Waals surface area contributed by atoms with Crippen LogP contribution in [0.15, 0.2) is 24.3 Å². The van der Waals surface area contributed by atoms with Gasteiger partial charge >= 0.3 is 6.03 Å². The van der Waals surface area contributed by atoms with Crippen LogP contribution in [-0.4, -0.2) is 36.5 Å². The molecule has 7 heteroatoms. The Hall–Kier alpha value is -2.57. The molecule has 25 heavy (non-hydrogen) atoms. The van der Waals surface area contributed by atoms with Gasteiger partial charge < -0.3 is 16.0 Å². The van der Waals surface area contributed by atoms with Crippen molar-refractivity contribution in [2.45, 2.75) is 45.2 Å². The van der Waals surface area contributed by atoms with Crippen molar-refractivity contribution < 1.29 is 14.4 Å². The molecule has 7 nitrogen and oxygen atoms in total. The van der Waals surface area contributed by atoms with Crippen LogP contribution in [0.2, 0.25) is 0 Å². The summed E-state index contributed by atoms with van der Waals surface area (Å²) in [6.07, 6.45) is 2.75. The fourth-order valence-corrected chi connectivity index (χ4v) is 2.85. The molecule has 0 unspecified atom stereocenters. The highest BCUT2D eigenvalue weighted by Gasteiger charge is 2.34. The first kappa shape index (κ1) is 17.3. The maximum atomic E-state index is 12.8. The van der Waals surface area contributed by atoms with E-state index in [9.17, 15) is 14.4 Å². The number of hydrogen-bond acceptors (Lipinski definition) is 3. The van der Waals surface area contributed by atoms with Gasteiger partial charge in [0.25, 0.3) is 0 Å². The maximum Gasteiger partial charge on any atom is 0.323 e. The summed E-state index contributed by atoms with van der Waals surface area (Å²) in [5.74, 6) is -0.409. The average molecular weight is 344 g/mol. The normalized spacial score (nSPS) is 18.6. The summed E-state index contributed by atoms with van der Waals surface area (Å²) in [6.45, 7) is 3.85. The topological polar surface area (TPSA) is 90.5 Å². The smallest absolute Gasteiger partial charge is 0.323 e. The fourth-order valence-electron chi connectivity index (χ4n) is 2.85. The van der Waals surface area contributed by atoms with Crippen molar-refractivity contribution in [3.63, 3.8) is 0 Å². The Morgan fingerprint density at radius 1 is 1.32 bits per heavy atom. The van der Waals surface area contributed by atoms with Crippen LogP contribution in [0.4, 0.5) is 16.2 Å². The number of benzene rings is 1. The highest BCUT2D eigenvalue weighted by Crippen LogP contribution is 2.29. The second kappa shape index (κ2) is 7.13. The Morgan fingerprint density at radius 2 is 2.04 bits per heavy atom. The Morgan fingerprint density at radius 3 is 2.72 bits per heavy atom. The third-order valence-corrected chi connectivity index (χ3v) is 4.71. The highest BCUT2D eigenvalue weighted by atomic mass is 16.2. The largest absolute Gasteiger partial charge is 0.352 e. The lowest BCUT2D eigenvalue weighted by Gasteiger charge is -2.32. The molecule has 0 bridgehead atoms. The molecule has 4 amide bonds. The van der Waals surface area contributed by atoms with E-state index in [-0.39, 0.29) is 30.3 Å². The fraction of sp³-hybridized carbons (Fsp3) is 0.500. The monoisotopic (exact) mass is 344 g/mol. The van der Waals surface area contributed by atoms with E-state index >= 15 is 0 Å². The molecule has 1 aliphatic carbocycles. The number of carbonyl (C=O) groups is 3. The molecule has 1 aromatic carbocycles. The van der Waals surface area contributed by atoms with Crippen LogP contribution in [0.3, 0.4) is 0 Å². The minimum absolute atomic E-state index is 0.00318. The number of para-hydroxylation sites is 2. The molecule has 0 radical (unpaired) electrons. The predicted octanol–water partition coefficient (Wildman–Crippen LogP) is 1.85. The lowest BCUT2D eigenvalue weighted by atomic mass is 9.98. The van der Waals surface area contributed by atoms with E-state index in [4.69, 9.17) is 0 Å². The molecule has 3 N–H and O–H groups in total. The zero-order valence-corrected chi connectivity index (χ0v) is 14.5. The van der Waals surface area contributed by atoms with Gasteiger partial charge in [0.15, 0.2) is 0 Å². The third-order valence-electron chi connectivity index (χ3n) is 4.71. The summed E-state index contributed by atoms with van der Waals surface area (Å²) in [7, 11) is 0. The van der Waals surface area contributed by atoms with Gasteiger partial charge in [0, 0.05) is 6.04 Å². The molecule has 0 aromatic heterocycles. The Balaban J connectivity index is 1.76. The second-order valence-corrected chi connectivity index (χ2v) is 6.75. The first-order chi connectivity index (χ1) is 12.0. The van der Waals surface area contributed by atoms with Gasteiger partial charge in [-0.3, -0.25) is 14.5 Å². The van der Waals surface area contributed by atoms with Gasteiger partial charge in [0.2, 0.25) is 11.8 Å². The number of amides is 4. The zero-order chi connectivity index (χ0) is 18.0. The van der Waals surface area contributed by atoms with Crippen LogP contribution in [0.25, 0.3) is 0 Å². The zero-order valence-electron chi connectivity index (χ0n) is 14.5. The van der Waals surface area contributed by atoms with Crippen molar-refractivity contribution in [3.05, 3.63) is 24.3 Å². The number of hydrogen-bond donors (Lipinski definition) is 3. The van der Waals surface area contributed by atoms with Gasteiger partial charge in [-0.1, -0.05) is 32.4 Å². The molecule has 2 aliphatic rings. The van der Waals surface area contributed by atoms with Gasteiger partial charge in [-0.05, 0) is 30.9 Å². The van der Waals surface area contributed by atoms with E-state index in [0.29, 0.717) is 11.4 Å². The van der Waals surface area contributed by atoms with E-state index in [2.05, 4.69) is 16.0 Å². The molecule has 1 fully saturated rings.